The van der Waals surface area contributed by atoms with Crippen molar-refractivity contribution in [1.82, 2.24) is 14.8 Å². The Labute approximate surface area is 128 Å². The van der Waals surface area contributed by atoms with Gasteiger partial charge >= 0.3 is 0 Å². The lowest BCUT2D eigenvalue weighted by molar-refractivity contribution is 0.0333. The fourth-order valence-corrected chi connectivity index (χ4v) is 4.75. The molecule has 3 heterocycles. The summed E-state index contributed by atoms with van der Waals surface area (Å²) in [6.07, 6.45) is 7.43. The molecule has 5 heteroatoms. The SMILES string of the molecule is O[C@H]1C[C@@](c2cccs2)(c2nnc3n2CCCCCC3)C1. The first kappa shape index (κ1) is 13.5. The van der Waals surface area contributed by atoms with E-state index in [1.807, 2.05) is 0 Å². The number of fused-ring (bicyclic) bond motifs is 1. The minimum Gasteiger partial charge on any atom is -0.393 e. The molecule has 0 spiro atoms. The Balaban J connectivity index is 1.77. The second kappa shape index (κ2) is 5.21. The molecule has 2 aliphatic rings. The Kier molecular flexibility index (Phi) is 3.34. The van der Waals surface area contributed by atoms with Crippen molar-refractivity contribution >= 4 is 11.3 Å². The van der Waals surface area contributed by atoms with Crippen LogP contribution in [0.4, 0.5) is 0 Å². The molecule has 1 aliphatic heterocycles. The van der Waals surface area contributed by atoms with Gasteiger partial charge in [0.2, 0.25) is 0 Å². The average Bonchev–Trinajstić information content (AvgIpc) is 3.05. The Morgan fingerprint density at radius 2 is 2.05 bits per heavy atom. The maximum absolute atomic E-state index is 9.93. The molecule has 1 aliphatic carbocycles. The molecule has 0 amide bonds. The van der Waals surface area contributed by atoms with E-state index in [0.717, 1.165) is 37.5 Å². The first-order valence-corrected chi connectivity index (χ1v) is 8.82. The lowest BCUT2D eigenvalue weighted by atomic mass is 9.65. The predicted octanol–water partition coefficient (Wildman–Crippen LogP) is 2.90. The highest BCUT2D eigenvalue weighted by molar-refractivity contribution is 7.10. The van der Waals surface area contributed by atoms with Crippen LogP contribution >= 0.6 is 11.3 Å². The quantitative estimate of drug-likeness (QED) is 0.928. The van der Waals surface area contributed by atoms with Crippen molar-refractivity contribution < 1.29 is 5.11 Å². The first-order valence-electron chi connectivity index (χ1n) is 7.94. The summed E-state index contributed by atoms with van der Waals surface area (Å²) in [6.45, 7) is 1.03. The zero-order valence-corrected chi connectivity index (χ0v) is 13.0. The fourth-order valence-electron chi connectivity index (χ4n) is 3.81. The van der Waals surface area contributed by atoms with Crippen molar-refractivity contribution in [3.8, 4) is 0 Å². The largest absolute Gasteiger partial charge is 0.393 e. The van der Waals surface area contributed by atoms with E-state index in [1.54, 1.807) is 11.3 Å². The second-order valence-corrected chi connectivity index (χ2v) is 7.32. The molecule has 1 N–H and O–H groups in total. The van der Waals surface area contributed by atoms with Gasteiger partial charge < -0.3 is 9.67 Å². The lowest BCUT2D eigenvalue weighted by Crippen LogP contribution is -2.47. The van der Waals surface area contributed by atoms with E-state index in [2.05, 4.69) is 32.3 Å². The molecule has 4 rings (SSSR count). The van der Waals surface area contributed by atoms with Crippen molar-refractivity contribution in [2.24, 2.45) is 0 Å². The van der Waals surface area contributed by atoms with Gasteiger partial charge in [-0.2, -0.15) is 0 Å². The van der Waals surface area contributed by atoms with Crippen molar-refractivity contribution in [3.63, 3.8) is 0 Å². The Morgan fingerprint density at radius 1 is 1.19 bits per heavy atom. The fraction of sp³-hybridized carbons (Fsp3) is 0.625. The zero-order chi connectivity index (χ0) is 14.3. The monoisotopic (exact) mass is 303 g/mol. The second-order valence-electron chi connectivity index (χ2n) is 6.38. The highest BCUT2D eigenvalue weighted by Crippen LogP contribution is 2.50. The van der Waals surface area contributed by atoms with Gasteiger partial charge in [-0.25, -0.2) is 0 Å². The third-order valence-electron chi connectivity index (χ3n) is 4.95. The standard InChI is InChI=1S/C16H21N3OS/c20-12-10-16(11-12,13-6-5-9-21-13)15-18-17-14-7-3-1-2-4-8-19(14)15/h5-6,9,12,20H,1-4,7-8,10-11H2/t12-,16+. The van der Waals surface area contributed by atoms with E-state index < -0.39 is 0 Å². The first-order chi connectivity index (χ1) is 10.3. The summed E-state index contributed by atoms with van der Waals surface area (Å²) in [5.41, 5.74) is -0.0992. The van der Waals surface area contributed by atoms with Gasteiger partial charge in [0.05, 0.1) is 11.5 Å². The van der Waals surface area contributed by atoms with E-state index in [0.29, 0.717) is 0 Å². The summed E-state index contributed by atoms with van der Waals surface area (Å²) >= 11 is 1.77. The molecule has 0 saturated heterocycles. The van der Waals surface area contributed by atoms with Crippen LogP contribution in [0.25, 0.3) is 0 Å². The number of hydrogen-bond acceptors (Lipinski definition) is 4. The van der Waals surface area contributed by atoms with Crippen LogP contribution in [0.5, 0.6) is 0 Å². The van der Waals surface area contributed by atoms with Crippen molar-refractivity contribution in [2.45, 2.75) is 63.0 Å². The Bertz CT molecular complexity index is 614. The van der Waals surface area contributed by atoms with Crippen molar-refractivity contribution in [1.29, 1.82) is 0 Å². The average molecular weight is 303 g/mol. The highest BCUT2D eigenvalue weighted by Gasteiger charge is 2.50. The normalized spacial score (nSPS) is 29.3. The third kappa shape index (κ3) is 2.14. The van der Waals surface area contributed by atoms with Crippen LogP contribution < -0.4 is 0 Å². The van der Waals surface area contributed by atoms with Gasteiger partial charge in [-0.15, -0.1) is 21.5 Å². The number of aryl methyl sites for hydroxylation is 1. The summed E-state index contributed by atoms with van der Waals surface area (Å²) in [7, 11) is 0. The van der Waals surface area contributed by atoms with Gasteiger partial charge in [0.15, 0.2) is 0 Å². The highest BCUT2D eigenvalue weighted by atomic mass is 32.1. The molecule has 0 radical (unpaired) electrons. The van der Waals surface area contributed by atoms with Gasteiger partial charge in [-0.05, 0) is 37.1 Å². The van der Waals surface area contributed by atoms with Crippen LogP contribution in [0.15, 0.2) is 17.5 Å². The number of thiophene rings is 1. The smallest absolute Gasteiger partial charge is 0.144 e. The number of rotatable bonds is 2. The molecule has 2 aromatic heterocycles. The van der Waals surface area contributed by atoms with Gasteiger partial charge in [0.1, 0.15) is 11.6 Å². The number of hydrogen-bond donors (Lipinski definition) is 1. The molecule has 1 saturated carbocycles. The van der Waals surface area contributed by atoms with Crippen LogP contribution in [0, 0.1) is 0 Å². The van der Waals surface area contributed by atoms with E-state index in [9.17, 15) is 5.11 Å². The van der Waals surface area contributed by atoms with Crippen molar-refractivity contribution in [3.05, 3.63) is 34.0 Å². The maximum Gasteiger partial charge on any atom is 0.144 e. The van der Waals surface area contributed by atoms with Gasteiger partial charge in [0.25, 0.3) is 0 Å². The van der Waals surface area contributed by atoms with E-state index in [-0.39, 0.29) is 11.5 Å². The predicted molar refractivity (Wildman–Crippen MR) is 82.5 cm³/mol. The van der Waals surface area contributed by atoms with Crippen LogP contribution in [-0.2, 0) is 18.4 Å². The summed E-state index contributed by atoms with van der Waals surface area (Å²) in [5, 5.41) is 21.1. The summed E-state index contributed by atoms with van der Waals surface area (Å²) in [4.78, 5) is 1.32. The molecule has 0 bridgehead atoms. The maximum atomic E-state index is 9.93. The third-order valence-corrected chi connectivity index (χ3v) is 6.02. The zero-order valence-electron chi connectivity index (χ0n) is 12.2. The summed E-state index contributed by atoms with van der Waals surface area (Å²) in [6, 6.07) is 4.28. The molecule has 0 atom stereocenters. The molecular formula is C16H21N3OS. The number of nitrogens with zero attached hydrogens (tertiary/aromatic N) is 3. The minimum atomic E-state index is -0.200. The molecular weight excluding hydrogens is 282 g/mol. The molecule has 0 unspecified atom stereocenters. The van der Waals surface area contributed by atoms with E-state index in [1.165, 1.54) is 30.6 Å². The van der Waals surface area contributed by atoms with Crippen LogP contribution in [-0.4, -0.2) is 26.0 Å². The molecule has 21 heavy (non-hydrogen) atoms. The number of aromatic nitrogens is 3. The number of aliphatic hydroxyl groups excluding tert-OH is 1. The molecule has 2 aromatic rings. The molecule has 1 fully saturated rings. The van der Waals surface area contributed by atoms with E-state index in [4.69, 9.17) is 0 Å². The molecule has 112 valence electrons. The van der Waals surface area contributed by atoms with Crippen LogP contribution in [0.1, 0.15) is 55.1 Å². The van der Waals surface area contributed by atoms with Gasteiger partial charge in [0, 0.05) is 17.8 Å². The minimum absolute atomic E-state index is 0.0992. The summed E-state index contributed by atoms with van der Waals surface area (Å²) < 4.78 is 2.35. The number of aliphatic hydroxyl groups is 1. The Hall–Kier alpha value is -1.20. The van der Waals surface area contributed by atoms with E-state index >= 15 is 0 Å². The lowest BCUT2D eigenvalue weighted by Gasteiger charge is -2.44. The van der Waals surface area contributed by atoms with Gasteiger partial charge in [-0.3, -0.25) is 0 Å². The molecule has 4 nitrogen and oxygen atoms in total. The summed E-state index contributed by atoms with van der Waals surface area (Å²) in [5.74, 6) is 2.23. The molecule has 0 aromatic carbocycles. The van der Waals surface area contributed by atoms with Crippen LogP contribution in [0.3, 0.4) is 0 Å². The van der Waals surface area contributed by atoms with Crippen LogP contribution in [0.2, 0.25) is 0 Å². The van der Waals surface area contributed by atoms with Crippen molar-refractivity contribution in [2.75, 3.05) is 0 Å². The van der Waals surface area contributed by atoms with Gasteiger partial charge in [-0.1, -0.05) is 18.9 Å². The Morgan fingerprint density at radius 3 is 2.81 bits per heavy atom. The topological polar surface area (TPSA) is 50.9 Å².